The van der Waals surface area contributed by atoms with Gasteiger partial charge in [-0.1, -0.05) is 65.0 Å². The summed E-state index contributed by atoms with van der Waals surface area (Å²) in [6.45, 7) is 24.9. The smallest absolute Gasteiger partial charge is 0.335 e. The summed E-state index contributed by atoms with van der Waals surface area (Å²) in [6.07, 6.45) is 15.5. The summed E-state index contributed by atoms with van der Waals surface area (Å²) in [4.78, 5) is 29.0. The highest BCUT2D eigenvalue weighted by molar-refractivity contribution is 7.90. The van der Waals surface area contributed by atoms with Crippen LogP contribution in [0.2, 0.25) is 0 Å². The van der Waals surface area contributed by atoms with E-state index in [9.17, 15) is 23.1 Å². The Morgan fingerprint density at radius 3 is 2.23 bits per heavy atom. The first kappa shape index (κ1) is 41.7. The van der Waals surface area contributed by atoms with Gasteiger partial charge >= 0.3 is 5.97 Å². The molecule has 1 heterocycles. The largest absolute Gasteiger partial charge is 0.478 e. The van der Waals surface area contributed by atoms with E-state index in [4.69, 9.17) is 0 Å². The summed E-state index contributed by atoms with van der Waals surface area (Å²) in [5, 5.41) is 13.4. The molecule has 0 spiro atoms. The number of rotatable bonds is 11. The molecular formula is C47H71N3O5S. The van der Waals surface area contributed by atoms with Crippen molar-refractivity contribution in [3.63, 3.8) is 0 Å². The molecule has 1 aliphatic heterocycles. The lowest BCUT2D eigenvalue weighted by Crippen LogP contribution is -2.65. The van der Waals surface area contributed by atoms with Gasteiger partial charge in [-0.05, 0) is 145 Å². The van der Waals surface area contributed by atoms with Gasteiger partial charge in [-0.3, -0.25) is 9.69 Å². The molecule has 0 unspecified atom stereocenters. The second-order valence-electron chi connectivity index (χ2n) is 20.8. The van der Waals surface area contributed by atoms with E-state index in [1.807, 2.05) is 17.0 Å². The van der Waals surface area contributed by atoms with Crippen LogP contribution in [-0.2, 0) is 14.6 Å². The molecule has 56 heavy (non-hydrogen) atoms. The van der Waals surface area contributed by atoms with Crippen LogP contribution in [0.1, 0.15) is 122 Å². The fourth-order valence-electron chi connectivity index (χ4n) is 14.7. The number of fused-ring (bicyclic) bond motifs is 7. The van der Waals surface area contributed by atoms with Crippen molar-refractivity contribution in [1.29, 1.82) is 0 Å². The molecular weight excluding hydrogens is 719 g/mol. The summed E-state index contributed by atoms with van der Waals surface area (Å²) in [7, 11) is -2.98. The number of sulfone groups is 1. The zero-order valence-corrected chi connectivity index (χ0v) is 36.4. The van der Waals surface area contributed by atoms with Crippen molar-refractivity contribution in [3.8, 4) is 0 Å². The number of carboxylic acid groups (broad SMARTS) is 1. The predicted molar refractivity (Wildman–Crippen MR) is 226 cm³/mol. The Morgan fingerprint density at radius 1 is 0.893 bits per heavy atom. The highest BCUT2D eigenvalue weighted by Gasteiger charge is 2.70. The second kappa shape index (κ2) is 15.0. The van der Waals surface area contributed by atoms with Gasteiger partial charge in [0.2, 0.25) is 5.91 Å². The van der Waals surface area contributed by atoms with Crippen molar-refractivity contribution in [1.82, 2.24) is 15.1 Å². The first-order chi connectivity index (χ1) is 26.3. The van der Waals surface area contributed by atoms with Gasteiger partial charge < -0.3 is 15.3 Å². The van der Waals surface area contributed by atoms with Crippen LogP contribution in [-0.4, -0.2) is 93.0 Å². The summed E-state index contributed by atoms with van der Waals surface area (Å²) in [6, 6.07) is 7.57. The Hall–Kier alpha value is -2.49. The van der Waals surface area contributed by atoms with E-state index < -0.39 is 15.8 Å². The molecule has 6 aliphatic rings. The van der Waals surface area contributed by atoms with Crippen LogP contribution < -0.4 is 5.32 Å². The van der Waals surface area contributed by atoms with Crippen molar-refractivity contribution in [2.24, 2.45) is 56.7 Å². The number of nitrogens with one attached hydrogen (secondary N) is 1. The van der Waals surface area contributed by atoms with Gasteiger partial charge in [0.25, 0.3) is 0 Å². The van der Waals surface area contributed by atoms with Crippen LogP contribution in [0, 0.1) is 56.7 Å². The second-order valence-corrected chi connectivity index (χ2v) is 23.0. The van der Waals surface area contributed by atoms with E-state index in [0.29, 0.717) is 67.8 Å². The van der Waals surface area contributed by atoms with E-state index in [1.54, 1.807) is 12.1 Å². The van der Waals surface area contributed by atoms with E-state index in [0.717, 1.165) is 26.1 Å². The maximum Gasteiger partial charge on any atom is 0.335 e. The number of nitrogens with zero attached hydrogens (tertiary/aromatic N) is 2. The zero-order valence-electron chi connectivity index (χ0n) is 35.6. The molecule has 0 radical (unpaired) electrons. The number of carbonyl (C=O) groups is 2. The number of hydrogen-bond donors (Lipinski definition) is 2. The van der Waals surface area contributed by atoms with E-state index in [1.165, 1.54) is 74.3 Å². The number of carbonyl (C=O) groups excluding carboxylic acids is 1. The molecule has 310 valence electrons. The van der Waals surface area contributed by atoms with Crippen LogP contribution >= 0.6 is 0 Å². The summed E-state index contributed by atoms with van der Waals surface area (Å²) >= 11 is 0. The molecule has 5 fully saturated rings. The molecule has 2 N–H and O–H groups in total. The lowest BCUT2D eigenvalue weighted by Gasteiger charge is -2.72. The van der Waals surface area contributed by atoms with Gasteiger partial charge in [0, 0.05) is 58.5 Å². The molecule has 1 aromatic carbocycles. The monoisotopic (exact) mass is 790 g/mol. The summed E-state index contributed by atoms with van der Waals surface area (Å²) < 4.78 is 23.2. The SMILES string of the molecule is C=C(C)[C@@H]1CC[C@]2(CNCCC(=O)N3CCN(CCS(C)(=O)=O)CC3)CC[C@]3(C)[C@H](CC[C@@H]4[C@@]5(C)CC=C(c6ccc(C(=O)O)cc6)C(C)(C)[C@@H]5CC[C@]43C)[C@@H]12. The van der Waals surface area contributed by atoms with Crippen LogP contribution in [0.3, 0.4) is 0 Å². The van der Waals surface area contributed by atoms with Crippen LogP contribution in [0.25, 0.3) is 5.57 Å². The lowest BCUT2D eigenvalue weighted by atomic mass is 9.32. The molecule has 9 atom stereocenters. The number of hydrogen-bond acceptors (Lipinski definition) is 6. The number of aromatic carboxylic acids is 1. The fraction of sp³-hybridized carbons (Fsp3) is 0.745. The quantitative estimate of drug-likeness (QED) is 0.172. The van der Waals surface area contributed by atoms with E-state index in [2.05, 4.69) is 64.4 Å². The van der Waals surface area contributed by atoms with E-state index >= 15 is 0 Å². The average molecular weight is 790 g/mol. The Labute approximate surface area is 338 Å². The molecule has 9 heteroatoms. The van der Waals surface area contributed by atoms with Crippen LogP contribution in [0.5, 0.6) is 0 Å². The molecule has 8 nitrogen and oxygen atoms in total. The van der Waals surface area contributed by atoms with Gasteiger partial charge in [0.1, 0.15) is 9.84 Å². The Balaban J connectivity index is 1.04. The molecule has 0 bridgehead atoms. The summed E-state index contributed by atoms with van der Waals surface area (Å²) in [5.74, 6) is 2.57. The number of carboxylic acids is 1. The minimum absolute atomic E-state index is 0.00351. The minimum Gasteiger partial charge on any atom is -0.478 e. The Kier molecular flexibility index (Phi) is 11.1. The highest BCUT2D eigenvalue weighted by Crippen LogP contribution is 2.77. The third-order valence-corrected chi connectivity index (χ3v) is 18.7. The lowest BCUT2D eigenvalue weighted by molar-refractivity contribution is -0.225. The van der Waals surface area contributed by atoms with Crippen molar-refractivity contribution in [2.45, 2.75) is 106 Å². The topological polar surface area (TPSA) is 107 Å². The van der Waals surface area contributed by atoms with Crippen molar-refractivity contribution in [3.05, 3.63) is 53.6 Å². The molecule has 7 rings (SSSR count). The molecule has 0 aromatic heterocycles. The first-order valence-corrected chi connectivity index (χ1v) is 23.9. The van der Waals surface area contributed by atoms with Crippen LogP contribution in [0.4, 0.5) is 0 Å². The van der Waals surface area contributed by atoms with Crippen LogP contribution in [0.15, 0.2) is 42.5 Å². The van der Waals surface area contributed by atoms with E-state index in [-0.39, 0.29) is 38.7 Å². The third-order valence-electron chi connectivity index (χ3n) is 17.8. The van der Waals surface area contributed by atoms with Gasteiger partial charge in [-0.15, -0.1) is 0 Å². The number of amides is 1. The fourth-order valence-corrected chi connectivity index (χ4v) is 15.3. The third kappa shape index (κ3) is 7.05. The van der Waals surface area contributed by atoms with Gasteiger partial charge in [-0.25, -0.2) is 13.2 Å². The van der Waals surface area contributed by atoms with Gasteiger partial charge in [0.05, 0.1) is 11.3 Å². The number of piperazine rings is 1. The van der Waals surface area contributed by atoms with Crippen molar-refractivity contribution >= 4 is 27.3 Å². The molecule has 4 saturated carbocycles. The minimum atomic E-state index is -2.98. The van der Waals surface area contributed by atoms with Gasteiger partial charge in [0.15, 0.2) is 0 Å². The molecule has 5 aliphatic carbocycles. The predicted octanol–water partition coefficient (Wildman–Crippen LogP) is 8.20. The first-order valence-electron chi connectivity index (χ1n) is 21.8. The van der Waals surface area contributed by atoms with Crippen molar-refractivity contribution < 1.29 is 23.1 Å². The Morgan fingerprint density at radius 2 is 1.59 bits per heavy atom. The average Bonchev–Trinajstić information content (AvgIpc) is 3.53. The normalized spacial score (nSPS) is 38.1. The Bertz CT molecular complexity index is 1830. The molecule has 1 saturated heterocycles. The highest BCUT2D eigenvalue weighted by atomic mass is 32.2. The van der Waals surface area contributed by atoms with Crippen molar-refractivity contribution in [2.75, 3.05) is 57.8 Å². The standard InChI is InChI=1S/C47H71N3O5S/c1-32(2)35-15-21-47(31-48-24-18-40(51)50-27-25-49(26-28-50)29-30-56(8,54)55)23-22-45(6)37(41(35)47)13-14-39-44(5)19-16-36(33-9-11-34(12-10-33)42(52)53)43(3,4)38(44)17-20-46(39,45)7/h9-12,16,35,37-39,41,48H,1,13-15,17-31H2,2-8H3,(H,52,53)/t35-,37+,38-,39+,41+,44-,45+,46+,47+/m0/s1. The maximum atomic E-state index is 13.3. The maximum absolute atomic E-state index is 13.3. The molecule has 1 amide bonds. The summed E-state index contributed by atoms with van der Waals surface area (Å²) in [5.41, 5.74) is 5.23. The number of benzene rings is 1. The zero-order chi connectivity index (χ0) is 40.5. The number of allylic oxidation sites excluding steroid dienone is 3. The molecule has 1 aromatic rings. The van der Waals surface area contributed by atoms with Gasteiger partial charge in [-0.2, -0.15) is 0 Å².